The van der Waals surface area contributed by atoms with Crippen molar-refractivity contribution in [3.05, 3.63) is 89.6 Å². The highest BCUT2D eigenvalue weighted by atomic mass is 19.1. The Hall–Kier alpha value is -3.81. The van der Waals surface area contributed by atoms with Crippen LogP contribution < -0.4 is 4.90 Å². The molecule has 1 unspecified atom stereocenters. The number of hydrogen-bond donors (Lipinski definition) is 1. The van der Waals surface area contributed by atoms with Crippen molar-refractivity contribution in [2.24, 2.45) is 0 Å². The lowest BCUT2D eigenvalue weighted by atomic mass is 9.95. The van der Waals surface area contributed by atoms with Gasteiger partial charge in [0.25, 0.3) is 5.91 Å². The molecule has 1 amide bonds. The summed E-state index contributed by atoms with van der Waals surface area (Å²) in [5.74, 6) is -3.21. The molecule has 4 rings (SSSR count). The zero-order valence-electron chi connectivity index (χ0n) is 13.7. The van der Waals surface area contributed by atoms with Gasteiger partial charge in [0, 0.05) is 18.0 Å². The van der Waals surface area contributed by atoms with Crippen LogP contribution >= 0.6 is 0 Å². The highest BCUT2D eigenvalue weighted by Gasteiger charge is 2.47. The van der Waals surface area contributed by atoms with Gasteiger partial charge in [-0.3, -0.25) is 14.5 Å². The second-order valence-corrected chi connectivity index (χ2v) is 5.72. The van der Waals surface area contributed by atoms with E-state index in [1.165, 1.54) is 49.0 Å². The maximum absolute atomic E-state index is 14.5. The van der Waals surface area contributed by atoms with Crippen LogP contribution in [0.5, 0.6) is 0 Å². The van der Waals surface area contributed by atoms with Crippen molar-refractivity contribution in [1.29, 1.82) is 0 Å². The Kier molecular flexibility index (Phi) is 4.00. The Balaban J connectivity index is 1.92. The molecule has 0 aliphatic carbocycles. The van der Waals surface area contributed by atoms with Gasteiger partial charge in [0.05, 0.1) is 11.8 Å². The van der Waals surface area contributed by atoms with Gasteiger partial charge in [-0.2, -0.15) is 0 Å². The molecule has 0 bridgehead atoms. The largest absolute Gasteiger partial charge is 0.503 e. The number of aliphatic hydroxyl groups excluding tert-OH is 1. The predicted octanol–water partition coefficient (Wildman–Crippen LogP) is 2.99. The lowest BCUT2D eigenvalue weighted by molar-refractivity contribution is -0.117. The van der Waals surface area contributed by atoms with Crippen molar-refractivity contribution < 1.29 is 23.5 Å². The number of benzene rings is 1. The van der Waals surface area contributed by atoms with E-state index in [1.807, 2.05) is 0 Å². The van der Waals surface area contributed by atoms with E-state index in [0.29, 0.717) is 0 Å². The summed E-state index contributed by atoms with van der Waals surface area (Å²) in [4.78, 5) is 34.6. The molecule has 1 aliphatic rings. The van der Waals surface area contributed by atoms with Gasteiger partial charge in [0.15, 0.2) is 11.5 Å². The van der Waals surface area contributed by atoms with Gasteiger partial charge in [-0.15, -0.1) is 0 Å². The summed E-state index contributed by atoms with van der Waals surface area (Å²) in [6.07, 6.45) is 4.09. The summed E-state index contributed by atoms with van der Waals surface area (Å²) in [6.45, 7) is 0. The predicted molar refractivity (Wildman–Crippen MR) is 91.4 cm³/mol. The third kappa shape index (κ3) is 2.67. The lowest BCUT2D eigenvalue weighted by Crippen LogP contribution is -2.33. The molecule has 3 aromatic rings. The minimum absolute atomic E-state index is 0.0252. The number of anilines is 1. The fourth-order valence-corrected chi connectivity index (χ4v) is 2.99. The van der Waals surface area contributed by atoms with Crippen LogP contribution in [-0.4, -0.2) is 26.8 Å². The number of furan rings is 1. The fourth-order valence-electron chi connectivity index (χ4n) is 2.99. The second-order valence-electron chi connectivity index (χ2n) is 5.72. The molecule has 1 aromatic carbocycles. The van der Waals surface area contributed by atoms with Crippen LogP contribution in [0.2, 0.25) is 0 Å². The molecule has 1 N–H and O–H groups in total. The number of carbonyl (C=O) groups is 2. The Labute approximate surface area is 152 Å². The van der Waals surface area contributed by atoms with Crippen LogP contribution in [0.1, 0.15) is 22.2 Å². The van der Waals surface area contributed by atoms with Gasteiger partial charge in [0.2, 0.25) is 11.7 Å². The number of halogens is 1. The van der Waals surface area contributed by atoms with Crippen molar-refractivity contribution in [2.75, 3.05) is 4.90 Å². The van der Waals surface area contributed by atoms with E-state index in [2.05, 4.69) is 9.97 Å². The number of rotatable bonds is 4. The molecular formula is C19H12FN3O4. The van der Waals surface area contributed by atoms with Gasteiger partial charge in [-0.25, -0.2) is 14.4 Å². The second kappa shape index (κ2) is 6.49. The van der Waals surface area contributed by atoms with E-state index in [9.17, 15) is 19.1 Å². The highest BCUT2D eigenvalue weighted by Crippen LogP contribution is 2.41. The number of ketones is 1. The smallest absolute Gasteiger partial charge is 0.296 e. The van der Waals surface area contributed by atoms with Crippen molar-refractivity contribution in [3.8, 4) is 0 Å². The Morgan fingerprint density at radius 3 is 2.52 bits per heavy atom. The summed E-state index contributed by atoms with van der Waals surface area (Å²) in [7, 11) is 0. The van der Waals surface area contributed by atoms with Crippen LogP contribution in [0.3, 0.4) is 0 Å². The van der Waals surface area contributed by atoms with Crippen molar-refractivity contribution in [3.63, 3.8) is 0 Å². The number of Topliss-reactive ketones (excluding diaryl/α,β-unsaturated/α-hetero) is 1. The fraction of sp³-hybridized carbons (Fsp3) is 0.0526. The summed E-state index contributed by atoms with van der Waals surface area (Å²) >= 11 is 0. The number of nitrogens with zero attached hydrogens (tertiary/aromatic N) is 3. The number of amides is 1. The molecule has 27 heavy (non-hydrogen) atoms. The monoisotopic (exact) mass is 365 g/mol. The van der Waals surface area contributed by atoms with E-state index in [4.69, 9.17) is 4.42 Å². The van der Waals surface area contributed by atoms with E-state index >= 15 is 0 Å². The number of hydrogen-bond acceptors (Lipinski definition) is 6. The molecular weight excluding hydrogens is 353 g/mol. The van der Waals surface area contributed by atoms with Crippen molar-refractivity contribution >= 4 is 17.6 Å². The molecule has 134 valence electrons. The summed E-state index contributed by atoms with van der Waals surface area (Å²) in [5, 5.41) is 10.4. The minimum atomic E-state index is -1.24. The molecule has 0 saturated heterocycles. The maximum atomic E-state index is 14.5. The van der Waals surface area contributed by atoms with Crippen LogP contribution in [-0.2, 0) is 4.79 Å². The molecule has 0 radical (unpaired) electrons. The number of aromatic nitrogens is 2. The van der Waals surface area contributed by atoms with Gasteiger partial charge >= 0.3 is 0 Å². The molecule has 7 nitrogen and oxygen atoms in total. The van der Waals surface area contributed by atoms with E-state index in [1.54, 1.807) is 12.1 Å². The first kappa shape index (κ1) is 16.6. The van der Waals surface area contributed by atoms with Crippen LogP contribution in [0, 0.1) is 5.82 Å². The summed E-state index contributed by atoms with van der Waals surface area (Å²) < 4.78 is 19.6. The maximum Gasteiger partial charge on any atom is 0.296 e. The number of carbonyl (C=O) groups excluding carboxylic acids is 2. The quantitative estimate of drug-likeness (QED) is 0.714. The first-order valence-corrected chi connectivity index (χ1v) is 7.96. The Morgan fingerprint density at radius 2 is 1.85 bits per heavy atom. The Bertz CT molecular complexity index is 1050. The average Bonchev–Trinajstić information content (AvgIpc) is 3.30. The molecule has 0 saturated carbocycles. The van der Waals surface area contributed by atoms with Crippen LogP contribution in [0.4, 0.5) is 10.3 Å². The third-order valence-electron chi connectivity index (χ3n) is 4.17. The van der Waals surface area contributed by atoms with Gasteiger partial charge in [-0.05, 0) is 24.3 Å². The van der Waals surface area contributed by atoms with Crippen LogP contribution in [0.15, 0.2) is 76.9 Å². The molecule has 1 aliphatic heterocycles. The molecule has 0 spiro atoms. The first-order valence-electron chi connectivity index (χ1n) is 7.96. The SMILES string of the molecule is O=C(C1=C(O)C(=O)N(c2ncccn2)C1c1ccccc1F)c1ccco1. The van der Waals surface area contributed by atoms with Gasteiger partial charge < -0.3 is 9.52 Å². The third-order valence-corrected chi connectivity index (χ3v) is 4.17. The van der Waals surface area contributed by atoms with E-state index in [0.717, 1.165) is 4.90 Å². The molecule has 2 aromatic heterocycles. The first-order chi connectivity index (χ1) is 13.1. The zero-order chi connectivity index (χ0) is 19.0. The number of aliphatic hydroxyl groups is 1. The molecule has 3 heterocycles. The molecule has 0 fully saturated rings. The lowest BCUT2D eigenvalue weighted by Gasteiger charge is -2.24. The van der Waals surface area contributed by atoms with E-state index in [-0.39, 0.29) is 22.8 Å². The summed E-state index contributed by atoms with van der Waals surface area (Å²) in [5.41, 5.74) is -0.273. The zero-order valence-corrected chi connectivity index (χ0v) is 13.7. The van der Waals surface area contributed by atoms with Gasteiger partial charge in [-0.1, -0.05) is 18.2 Å². The molecule has 8 heteroatoms. The minimum Gasteiger partial charge on any atom is -0.503 e. The highest BCUT2D eigenvalue weighted by molar-refractivity contribution is 6.19. The topological polar surface area (TPSA) is 96.5 Å². The summed E-state index contributed by atoms with van der Waals surface area (Å²) in [6, 6.07) is 8.88. The van der Waals surface area contributed by atoms with Gasteiger partial charge in [0.1, 0.15) is 11.9 Å². The molecule has 1 atom stereocenters. The normalized spacial score (nSPS) is 16.9. The average molecular weight is 365 g/mol. The standard InChI is InChI=1S/C19H12FN3O4/c20-12-6-2-1-5-11(12)15-14(16(24)13-7-3-10-27-13)17(25)18(26)23(15)19-21-8-4-9-22-19/h1-10,15,25H. The Morgan fingerprint density at radius 1 is 1.11 bits per heavy atom. The van der Waals surface area contributed by atoms with E-state index < -0.39 is 29.3 Å². The van der Waals surface area contributed by atoms with Crippen molar-refractivity contribution in [1.82, 2.24) is 9.97 Å². The van der Waals surface area contributed by atoms with Crippen molar-refractivity contribution in [2.45, 2.75) is 6.04 Å². The van der Waals surface area contributed by atoms with Crippen LogP contribution in [0.25, 0.3) is 0 Å².